The average molecular weight is 346 g/mol. The third-order valence-electron chi connectivity index (χ3n) is 3.13. The van der Waals surface area contributed by atoms with Crippen LogP contribution in [-0.2, 0) is 0 Å². The Bertz CT molecular complexity index is 670. The van der Waals surface area contributed by atoms with Crippen molar-refractivity contribution < 1.29 is 9.53 Å². The van der Waals surface area contributed by atoms with Gasteiger partial charge in [0.1, 0.15) is 5.75 Å². The summed E-state index contributed by atoms with van der Waals surface area (Å²) in [5.74, 6) is 0.787. The van der Waals surface area contributed by atoms with Crippen molar-refractivity contribution in [2.24, 2.45) is 5.10 Å². The van der Waals surface area contributed by atoms with E-state index in [1.807, 2.05) is 24.3 Å². The molecule has 2 N–H and O–H groups in total. The lowest BCUT2D eigenvalue weighted by atomic mass is 10.2. The van der Waals surface area contributed by atoms with Crippen LogP contribution in [0.15, 0.2) is 53.6 Å². The van der Waals surface area contributed by atoms with Crippen LogP contribution in [0.25, 0.3) is 0 Å². The third kappa shape index (κ3) is 6.30. The van der Waals surface area contributed by atoms with E-state index in [-0.39, 0.29) is 0 Å². The van der Waals surface area contributed by atoms with Gasteiger partial charge in [0.15, 0.2) is 0 Å². The van der Waals surface area contributed by atoms with E-state index in [2.05, 4.69) is 22.8 Å². The Labute approximate surface area is 146 Å². The Balaban J connectivity index is 1.78. The minimum atomic E-state index is -0.417. The second-order valence-corrected chi connectivity index (χ2v) is 5.54. The van der Waals surface area contributed by atoms with Gasteiger partial charge in [0, 0.05) is 10.7 Å². The molecule has 0 aliphatic heterocycles. The number of halogens is 1. The monoisotopic (exact) mass is 345 g/mol. The van der Waals surface area contributed by atoms with Crippen LogP contribution in [0, 0.1) is 0 Å². The van der Waals surface area contributed by atoms with Crippen LogP contribution in [0.4, 0.5) is 10.5 Å². The van der Waals surface area contributed by atoms with Crippen LogP contribution in [0.1, 0.15) is 25.3 Å². The third-order valence-corrected chi connectivity index (χ3v) is 3.38. The molecule has 0 radical (unpaired) electrons. The maximum atomic E-state index is 11.8. The fraction of sp³-hybridized carbons (Fsp3) is 0.222. The lowest BCUT2D eigenvalue weighted by Gasteiger charge is -2.07. The van der Waals surface area contributed by atoms with E-state index in [0.29, 0.717) is 17.3 Å². The zero-order valence-electron chi connectivity index (χ0n) is 13.5. The van der Waals surface area contributed by atoms with Crippen molar-refractivity contribution in [3.8, 4) is 5.75 Å². The number of anilines is 1. The molecule has 0 bridgehead atoms. The second kappa shape index (κ2) is 9.57. The number of hydrazone groups is 1. The first kappa shape index (κ1) is 17.8. The van der Waals surface area contributed by atoms with Gasteiger partial charge in [0.2, 0.25) is 0 Å². The molecule has 0 saturated carbocycles. The Hall–Kier alpha value is -2.53. The molecule has 126 valence electrons. The number of ether oxygens (including phenoxy) is 1. The molecule has 2 aromatic carbocycles. The van der Waals surface area contributed by atoms with Crippen LogP contribution in [0.3, 0.4) is 0 Å². The summed E-state index contributed by atoms with van der Waals surface area (Å²) in [7, 11) is 0. The van der Waals surface area contributed by atoms with E-state index >= 15 is 0 Å². The van der Waals surface area contributed by atoms with Gasteiger partial charge >= 0.3 is 6.03 Å². The molecule has 2 rings (SSSR count). The van der Waals surface area contributed by atoms with Crippen molar-refractivity contribution in [3.63, 3.8) is 0 Å². The highest BCUT2D eigenvalue weighted by Crippen LogP contribution is 2.16. The highest BCUT2D eigenvalue weighted by Gasteiger charge is 2.00. The Kier molecular flexibility index (Phi) is 7.11. The summed E-state index contributed by atoms with van der Waals surface area (Å²) < 4.78 is 5.57. The summed E-state index contributed by atoms with van der Waals surface area (Å²) in [5, 5.41) is 7.22. The fourth-order valence-electron chi connectivity index (χ4n) is 1.84. The predicted octanol–water partition coefficient (Wildman–Crippen LogP) is 4.67. The molecular weight excluding hydrogens is 326 g/mol. The first-order chi connectivity index (χ1) is 11.7. The van der Waals surface area contributed by atoms with Gasteiger partial charge in [-0.2, -0.15) is 5.10 Å². The van der Waals surface area contributed by atoms with Crippen LogP contribution >= 0.6 is 11.6 Å². The number of rotatable bonds is 7. The van der Waals surface area contributed by atoms with Gasteiger partial charge in [0.05, 0.1) is 12.8 Å². The van der Waals surface area contributed by atoms with Gasteiger partial charge < -0.3 is 10.1 Å². The van der Waals surface area contributed by atoms with Crippen LogP contribution in [-0.4, -0.2) is 18.9 Å². The molecule has 0 heterocycles. The number of urea groups is 1. The van der Waals surface area contributed by atoms with Crippen molar-refractivity contribution >= 4 is 29.5 Å². The van der Waals surface area contributed by atoms with Gasteiger partial charge in [-0.25, -0.2) is 10.2 Å². The maximum Gasteiger partial charge on any atom is 0.339 e. The number of unbranched alkanes of at least 4 members (excludes halogenated alkanes) is 1. The Morgan fingerprint density at radius 2 is 1.88 bits per heavy atom. The standard InChI is InChI=1S/C18H20ClN3O2/c1-2-3-12-24-17-10-8-16(9-11-17)21-18(23)22-20-13-14-4-6-15(19)7-5-14/h4-11,13H,2-3,12H2,1H3,(H2,21,22,23). The largest absolute Gasteiger partial charge is 0.494 e. The minimum Gasteiger partial charge on any atom is -0.494 e. The van der Waals surface area contributed by atoms with Crippen LogP contribution in [0.2, 0.25) is 5.02 Å². The first-order valence-electron chi connectivity index (χ1n) is 7.76. The summed E-state index contributed by atoms with van der Waals surface area (Å²) in [4.78, 5) is 11.8. The molecule has 5 nitrogen and oxygen atoms in total. The van der Waals surface area contributed by atoms with Crippen molar-refractivity contribution in [2.45, 2.75) is 19.8 Å². The molecule has 0 fully saturated rings. The van der Waals surface area contributed by atoms with Gasteiger partial charge in [-0.3, -0.25) is 0 Å². The molecular formula is C18H20ClN3O2. The minimum absolute atomic E-state index is 0.417. The molecule has 0 aliphatic rings. The topological polar surface area (TPSA) is 62.7 Å². The van der Waals surface area contributed by atoms with Crippen molar-refractivity contribution in [2.75, 3.05) is 11.9 Å². The SMILES string of the molecule is CCCCOc1ccc(NC(=O)NN=Cc2ccc(Cl)cc2)cc1. The number of nitrogens with zero attached hydrogens (tertiary/aromatic N) is 1. The lowest BCUT2D eigenvalue weighted by Crippen LogP contribution is -2.24. The highest BCUT2D eigenvalue weighted by atomic mass is 35.5. The van der Waals surface area contributed by atoms with Gasteiger partial charge in [-0.1, -0.05) is 37.1 Å². The molecule has 0 spiro atoms. The molecule has 24 heavy (non-hydrogen) atoms. The lowest BCUT2D eigenvalue weighted by molar-refractivity contribution is 0.252. The van der Waals surface area contributed by atoms with E-state index in [0.717, 1.165) is 24.2 Å². The molecule has 2 amide bonds. The van der Waals surface area contributed by atoms with E-state index in [1.165, 1.54) is 0 Å². The Morgan fingerprint density at radius 1 is 1.17 bits per heavy atom. The Morgan fingerprint density at radius 3 is 2.54 bits per heavy atom. The summed E-state index contributed by atoms with van der Waals surface area (Å²) >= 11 is 5.80. The number of amides is 2. The van der Waals surface area contributed by atoms with Crippen molar-refractivity contribution in [1.29, 1.82) is 0 Å². The number of carbonyl (C=O) groups is 1. The smallest absolute Gasteiger partial charge is 0.339 e. The van der Waals surface area contributed by atoms with E-state index in [1.54, 1.807) is 30.5 Å². The second-order valence-electron chi connectivity index (χ2n) is 5.10. The quantitative estimate of drug-likeness (QED) is 0.435. The molecule has 2 aromatic rings. The molecule has 6 heteroatoms. The zero-order valence-corrected chi connectivity index (χ0v) is 14.2. The number of hydrogen-bond acceptors (Lipinski definition) is 3. The molecule has 0 atom stereocenters. The van der Waals surface area contributed by atoms with Crippen LogP contribution in [0.5, 0.6) is 5.75 Å². The molecule has 0 saturated heterocycles. The first-order valence-corrected chi connectivity index (χ1v) is 8.13. The molecule has 0 aliphatic carbocycles. The normalized spacial score (nSPS) is 10.6. The van der Waals surface area contributed by atoms with E-state index in [9.17, 15) is 4.79 Å². The van der Waals surface area contributed by atoms with E-state index < -0.39 is 6.03 Å². The van der Waals surface area contributed by atoms with E-state index in [4.69, 9.17) is 16.3 Å². The van der Waals surface area contributed by atoms with Crippen LogP contribution < -0.4 is 15.5 Å². The predicted molar refractivity (Wildman–Crippen MR) is 98.0 cm³/mol. The number of benzene rings is 2. The zero-order chi connectivity index (χ0) is 17.2. The number of nitrogens with one attached hydrogen (secondary N) is 2. The average Bonchev–Trinajstić information content (AvgIpc) is 2.58. The summed E-state index contributed by atoms with van der Waals surface area (Å²) in [6.07, 6.45) is 3.66. The molecule has 0 unspecified atom stereocenters. The van der Waals surface area contributed by atoms with Gasteiger partial charge in [-0.15, -0.1) is 0 Å². The summed E-state index contributed by atoms with van der Waals surface area (Å²) in [6.45, 7) is 2.81. The summed E-state index contributed by atoms with van der Waals surface area (Å²) in [5.41, 5.74) is 3.91. The number of carbonyl (C=O) groups excluding carboxylic acids is 1. The maximum absolute atomic E-state index is 11.8. The molecule has 0 aromatic heterocycles. The van der Waals surface area contributed by atoms with Gasteiger partial charge in [-0.05, 0) is 48.4 Å². The summed E-state index contributed by atoms with van der Waals surface area (Å²) in [6, 6.07) is 13.9. The fourth-order valence-corrected chi connectivity index (χ4v) is 1.97. The van der Waals surface area contributed by atoms with Crippen molar-refractivity contribution in [3.05, 3.63) is 59.1 Å². The highest BCUT2D eigenvalue weighted by molar-refractivity contribution is 6.30. The van der Waals surface area contributed by atoms with Crippen molar-refractivity contribution in [1.82, 2.24) is 5.43 Å². The van der Waals surface area contributed by atoms with Gasteiger partial charge in [0.25, 0.3) is 0 Å². The number of hydrogen-bond donors (Lipinski definition) is 2.